The highest BCUT2D eigenvalue weighted by molar-refractivity contribution is 8.00. The summed E-state index contributed by atoms with van der Waals surface area (Å²) in [7, 11) is -1.03. The number of nitrogens with zero attached hydrogens (tertiary/aromatic N) is 2. The van der Waals surface area contributed by atoms with E-state index in [0.29, 0.717) is 16.5 Å². The first-order valence-corrected chi connectivity index (χ1v) is 8.14. The molecule has 0 radical (unpaired) electrons. The van der Waals surface area contributed by atoms with Gasteiger partial charge in [0.25, 0.3) is 5.69 Å². The summed E-state index contributed by atoms with van der Waals surface area (Å²) in [5, 5.41) is 11.2. The molecule has 0 unspecified atom stereocenters. The number of benzene rings is 1. The molecule has 0 fully saturated rings. The van der Waals surface area contributed by atoms with Gasteiger partial charge < -0.3 is 0 Å². The third kappa shape index (κ3) is 4.14. The summed E-state index contributed by atoms with van der Waals surface area (Å²) in [5.41, 5.74) is -0.0257. The summed E-state index contributed by atoms with van der Waals surface area (Å²) in [5.74, 6) is 1.17. The molecule has 0 aliphatic heterocycles. The summed E-state index contributed by atoms with van der Waals surface area (Å²) in [6.45, 7) is 0. The molecule has 7 heteroatoms. The fourth-order valence-corrected chi connectivity index (χ4v) is 3.61. The van der Waals surface area contributed by atoms with Crippen molar-refractivity contribution in [3.8, 4) is 0 Å². The first kappa shape index (κ1) is 14.7. The zero-order valence-electron chi connectivity index (χ0n) is 10.5. The average molecular weight is 308 g/mol. The van der Waals surface area contributed by atoms with Crippen molar-refractivity contribution in [1.82, 2.24) is 4.98 Å². The second-order valence-corrected chi connectivity index (χ2v) is 6.51. The number of hydrogen-bond acceptors (Lipinski definition) is 5. The molecule has 0 aliphatic carbocycles. The van der Waals surface area contributed by atoms with E-state index in [9.17, 15) is 14.3 Å². The Morgan fingerprint density at radius 3 is 2.55 bits per heavy atom. The SMILES string of the molecule is O=[N+]([O-])c1ccc(SCC[S@](=O)c2ccccc2)nc1. The van der Waals surface area contributed by atoms with Crippen molar-refractivity contribution in [3.05, 3.63) is 58.8 Å². The molecule has 0 N–H and O–H groups in total. The van der Waals surface area contributed by atoms with E-state index < -0.39 is 15.7 Å². The van der Waals surface area contributed by atoms with Crippen LogP contribution < -0.4 is 0 Å². The Balaban J connectivity index is 1.84. The van der Waals surface area contributed by atoms with Crippen LogP contribution in [0.1, 0.15) is 0 Å². The fourth-order valence-electron chi connectivity index (χ4n) is 1.48. The van der Waals surface area contributed by atoms with Gasteiger partial charge in [-0.15, -0.1) is 11.8 Å². The first-order valence-electron chi connectivity index (χ1n) is 5.83. The lowest BCUT2D eigenvalue weighted by Gasteiger charge is -2.02. The molecule has 2 rings (SSSR count). The molecule has 2 aromatic rings. The molecule has 0 bridgehead atoms. The highest BCUT2D eigenvalue weighted by Gasteiger charge is 2.07. The van der Waals surface area contributed by atoms with Gasteiger partial charge in [-0.05, 0) is 18.2 Å². The molecular weight excluding hydrogens is 296 g/mol. The van der Waals surface area contributed by atoms with E-state index in [-0.39, 0.29) is 5.69 Å². The van der Waals surface area contributed by atoms with Crippen molar-refractivity contribution in [2.45, 2.75) is 9.92 Å². The van der Waals surface area contributed by atoms with Gasteiger partial charge in [0.1, 0.15) is 6.20 Å². The van der Waals surface area contributed by atoms with Gasteiger partial charge in [-0.25, -0.2) is 4.98 Å². The third-order valence-electron chi connectivity index (χ3n) is 2.46. The largest absolute Gasteiger partial charge is 0.287 e. The van der Waals surface area contributed by atoms with Crippen LogP contribution in [0, 0.1) is 10.1 Å². The molecule has 5 nitrogen and oxygen atoms in total. The molecule has 0 spiro atoms. The molecule has 1 heterocycles. The van der Waals surface area contributed by atoms with Gasteiger partial charge in [-0.2, -0.15) is 0 Å². The molecule has 1 aromatic carbocycles. The van der Waals surface area contributed by atoms with E-state index in [1.807, 2.05) is 30.3 Å². The summed E-state index contributed by atoms with van der Waals surface area (Å²) in [6, 6.07) is 12.3. The lowest BCUT2D eigenvalue weighted by molar-refractivity contribution is -0.385. The van der Waals surface area contributed by atoms with Crippen LogP contribution >= 0.6 is 11.8 Å². The van der Waals surface area contributed by atoms with Crippen molar-refractivity contribution >= 4 is 28.2 Å². The molecule has 0 saturated heterocycles. The Bertz CT molecular complexity index is 603. The van der Waals surface area contributed by atoms with Crippen LogP contribution in [-0.4, -0.2) is 25.6 Å². The molecule has 1 atom stereocenters. The van der Waals surface area contributed by atoms with Crippen LogP contribution in [0.4, 0.5) is 5.69 Å². The summed E-state index contributed by atoms with van der Waals surface area (Å²) in [4.78, 5) is 14.8. The summed E-state index contributed by atoms with van der Waals surface area (Å²) < 4.78 is 12.0. The van der Waals surface area contributed by atoms with Crippen LogP contribution in [0.5, 0.6) is 0 Å². The van der Waals surface area contributed by atoms with Crippen LogP contribution in [0.25, 0.3) is 0 Å². The predicted molar refractivity (Wildman–Crippen MR) is 79.3 cm³/mol. The first-order chi connectivity index (χ1) is 9.66. The molecule has 0 aliphatic rings. The van der Waals surface area contributed by atoms with E-state index >= 15 is 0 Å². The van der Waals surface area contributed by atoms with Gasteiger partial charge in [0.2, 0.25) is 0 Å². The minimum absolute atomic E-state index is 0.0257. The quantitative estimate of drug-likeness (QED) is 0.466. The van der Waals surface area contributed by atoms with E-state index in [4.69, 9.17) is 0 Å². The van der Waals surface area contributed by atoms with Gasteiger partial charge in [-0.3, -0.25) is 14.3 Å². The van der Waals surface area contributed by atoms with Gasteiger partial charge >= 0.3 is 0 Å². The van der Waals surface area contributed by atoms with E-state index in [2.05, 4.69) is 4.98 Å². The molecule has 0 saturated carbocycles. The smallest absolute Gasteiger partial charge is 0.258 e. The van der Waals surface area contributed by atoms with Crippen LogP contribution in [-0.2, 0) is 10.8 Å². The topological polar surface area (TPSA) is 73.1 Å². The highest BCUT2D eigenvalue weighted by atomic mass is 32.2. The number of nitro groups is 1. The molecule has 104 valence electrons. The monoisotopic (exact) mass is 308 g/mol. The number of rotatable bonds is 6. The van der Waals surface area contributed by atoms with Crippen molar-refractivity contribution in [2.24, 2.45) is 0 Å². The van der Waals surface area contributed by atoms with Crippen molar-refractivity contribution in [1.29, 1.82) is 0 Å². The zero-order chi connectivity index (χ0) is 14.4. The maximum atomic E-state index is 12.0. The average Bonchev–Trinajstić information content (AvgIpc) is 2.48. The zero-order valence-corrected chi connectivity index (χ0v) is 12.1. The fraction of sp³-hybridized carbons (Fsp3) is 0.154. The highest BCUT2D eigenvalue weighted by Crippen LogP contribution is 2.19. The van der Waals surface area contributed by atoms with Gasteiger partial charge in [0.05, 0.1) is 20.7 Å². The number of aromatic nitrogens is 1. The Kier molecular flexibility index (Phi) is 5.25. The minimum Gasteiger partial charge on any atom is -0.258 e. The lowest BCUT2D eigenvalue weighted by Crippen LogP contribution is -2.00. The number of thioether (sulfide) groups is 1. The Labute approximate surface area is 123 Å². The maximum Gasteiger partial charge on any atom is 0.287 e. The van der Waals surface area contributed by atoms with E-state index in [1.54, 1.807) is 6.07 Å². The Hall–Kier alpha value is -1.73. The van der Waals surface area contributed by atoms with Gasteiger partial charge in [0, 0.05) is 22.5 Å². The molecular formula is C13H12N2O3S2. The second kappa shape index (κ2) is 7.16. The maximum absolute atomic E-state index is 12.0. The summed E-state index contributed by atoms with van der Waals surface area (Å²) >= 11 is 1.44. The van der Waals surface area contributed by atoms with Crippen molar-refractivity contribution < 1.29 is 9.13 Å². The van der Waals surface area contributed by atoms with Crippen molar-refractivity contribution in [2.75, 3.05) is 11.5 Å². The van der Waals surface area contributed by atoms with Crippen LogP contribution in [0.15, 0.2) is 58.6 Å². The molecule has 1 aromatic heterocycles. The Morgan fingerprint density at radius 2 is 1.95 bits per heavy atom. The van der Waals surface area contributed by atoms with E-state index in [1.165, 1.54) is 24.0 Å². The van der Waals surface area contributed by atoms with Gasteiger partial charge in [-0.1, -0.05) is 18.2 Å². The van der Waals surface area contributed by atoms with Gasteiger partial charge in [0.15, 0.2) is 0 Å². The summed E-state index contributed by atoms with van der Waals surface area (Å²) in [6.07, 6.45) is 1.23. The molecule has 0 amide bonds. The standard InChI is InChI=1S/C13H12N2O3S2/c16-15(17)11-6-7-13(14-10-11)19-8-9-20(18)12-4-2-1-3-5-12/h1-7,10H,8-9H2/t20-/m0/s1. The number of hydrogen-bond donors (Lipinski definition) is 0. The van der Waals surface area contributed by atoms with Crippen LogP contribution in [0.3, 0.4) is 0 Å². The predicted octanol–water partition coefficient (Wildman–Crippen LogP) is 2.89. The number of pyridine rings is 1. The Morgan fingerprint density at radius 1 is 1.20 bits per heavy atom. The normalized spacial score (nSPS) is 12.0. The third-order valence-corrected chi connectivity index (χ3v) is 5.03. The molecule has 20 heavy (non-hydrogen) atoms. The second-order valence-electron chi connectivity index (χ2n) is 3.82. The van der Waals surface area contributed by atoms with Crippen LogP contribution in [0.2, 0.25) is 0 Å². The van der Waals surface area contributed by atoms with Crippen molar-refractivity contribution in [3.63, 3.8) is 0 Å². The minimum atomic E-state index is -1.03. The lowest BCUT2D eigenvalue weighted by atomic mass is 10.4. The van der Waals surface area contributed by atoms with E-state index in [0.717, 1.165) is 4.90 Å².